The van der Waals surface area contributed by atoms with Gasteiger partial charge in [0.15, 0.2) is 5.88 Å². The molecule has 0 aliphatic heterocycles. The van der Waals surface area contributed by atoms with Crippen molar-refractivity contribution in [1.29, 1.82) is 0 Å². The highest BCUT2D eigenvalue weighted by Gasteiger charge is 2.16. The number of hydrogen-bond acceptors (Lipinski definition) is 2. The first-order valence-corrected chi connectivity index (χ1v) is 8.86. The van der Waals surface area contributed by atoms with Crippen LogP contribution in [0, 0.1) is 0 Å². The molecule has 0 atom stereocenters. The number of hydrogen-bond donors (Lipinski definition) is 0. The standard InChI is InChI=1S/C13H19NOSi/c1-5-13(15-16(2,3)4)14-11-12-9-7-6-8-10-12/h5-11H,1-4H3/b13-5-,14-11+. The summed E-state index contributed by atoms with van der Waals surface area (Å²) in [6.07, 6.45) is 3.73. The van der Waals surface area contributed by atoms with E-state index >= 15 is 0 Å². The maximum Gasteiger partial charge on any atom is 0.244 e. The van der Waals surface area contributed by atoms with Crippen LogP contribution < -0.4 is 0 Å². The Morgan fingerprint density at radius 1 is 1.19 bits per heavy atom. The first-order valence-electron chi connectivity index (χ1n) is 5.46. The van der Waals surface area contributed by atoms with Gasteiger partial charge in [-0.2, -0.15) is 0 Å². The van der Waals surface area contributed by atoms with Crippen LogP contribution in [0.3, 0.4) is 0 Å². The van der Waals surface area contributed by atoms with Gasteiger partial charge in [0.05, 0.1) is 0 Å². The van der Waals surface area contributed by atoms with Crippen molar-refractivity contribution >= 4 is 14.5 Å². The molecule has 1 rings (SSSR count). The average Bonchev–Trinajstić information content (AvgIpc) is 2.24. The Morgan fingerprint density at radius 2 is 1.81 bits per heavy atom. The van der Waals surface area contributed by atoms with Gasteiger partial charge < -0.3 is 4.43 Å². The molecule has 0 aliphatic carbocycles. The molecule has 0 amide bonds. The highest BCUT2D eigenvalue weighted by Crippen LogP contribution is 2.11. The molecule has 0 N–H and O–H groups in total. The Labute approximate surface area is 98.8 Å². The van der Waals surface area contributed by atoms with Crippen molar-refractivity contribution in [3.63, 3.8) is 0 Å². The minimum atomic E-state index is -1.56. The lowest BCUT2D eigenvalue weighted by atomic mass is 10.2. The van der Waals surface area contributed by atoms with Crippen molar-refractivity contribution in [2.75, 3.05) is 0 Å². The molecule has 0 aliphatic rings. The first kappa shape index (κ1) is 12.7. The summed E-state index contributed by atoms with van der Waals surface area (Å²) in [6, 6.07) is 10.0. The van der Waals surface area contributed by atoms with E-state index in [4.69, 9.17) is 4.43 Å². The predicted octanol–water partition coefficient (Wildman–Crippen LogP) is 3.82. The van der Waals surface area contributed by atoms with Gasteiger partial charge in [-0.05, 0) is 38.2 Å². The average molecular weight is 233 g/mol. The van der Waals surface area contributed by atoms with Crippen LogP contribution in [0.15, 0.2) is 47.3 Å². The van der Waals surface area contributed by atoms with Crippen LogP contribution in [-0.4, -0.2) is 14.5 Å². The Balaban J connectivity index is 2.69. The van der Waals surface area contributed by atoms with Crippen LogP contribution in [0.1, 0.15) is 12.5 Å². The third kappa shape index (κ3) is 4.93. The zero-order valence-electron chi connectivity index (χ0n) is 10.4. The van der Waals surface area contributed by atoms with Crippen molar-refractivity contribution in [1.82, 2.24) is 0 Å². The van der Waals surface area contributed by atoms with Crippen LogP contribution in [0.25, 0.3) is 0 Å². The van der Waals surface area contributed by atoms with Gasteiger partial charge in [-0.1, -0.05) is 30.3 Å². The zero-order chi connectivity index (χ0) is 12.0. The molecule has 0 saturated carbocycles. The fourth-order valence-electron chi connectivity index (χ4n) is 1.15. The zero-order valence-corrected chi connectivity index (χ0v) is 11.4. The lowest BCUT2D eigenvalue weighted by Gasteiger charge is -2.18. The normalized spacial score (nSPS) is 13.1. The van der Waals surface area contributed by atoms with E-state index in [1.54, 1.807) is 0 Å². The summed E-state index contributed by atoms with van der Waals surface area (Å²) in [5.74, 6) is 0.711. The Kier molecular flexibility index (Phi) is 4.49. The maximum atomic E-state index is 5.81. The third-order valence-corrected chi connectivity index (χ3v) is 2.62. The van der Waals surface area contributed by atoms with Gasteiger partial charge in [0.1, 0.15) is 0 Å². The summed E-state index contributed by atoms with van der Waals surface area (Å²) in [4.78, 5) is 4.35. The molecule has 0 radical (unpaired) electrons. The fourth-order valence-corrected chi connectivity index (χ4v) is 1.95. The van der Waals surface area contributed by atoms with E-state index in [0.29, 0.717) is 5.88 Å². The van der Waals surface area contributed by atoms with Crippen molar-refractivity contribution in [3.8, 4) is 0 Å². The van der Waals surface area contributed by atoms with Crippen molar-refractivity contribution in [3.05, 3.63) is 47.9 Å². The molecule has 0 spiro atoms. The Morgan fingerprint density at radius 3 is 2.31 bits per heavy atom. The van der Waals surface area contributed by atoms with E-state index in [2.05, 4.69) is 24.6 Å². The molecule has 86 valence electrons. The summed E-state index contributed by atoms with van der Waals surface area (Å²) >= 11 is 0. The van der Waals surface area contributed by atoms with E-state index in [1.807, 2.05) is 49.5 Å². The SMILES string of the molecule is C/C=C(/N=C/c1ccccc1)O[Si](C)(C)C. The summed E-state index contributed by atoms with van der Waals surface area (Å²) in [5.41, 5.74) is 1.08. The lowest BCUT2D eigenvalue weighted by Crippen LogP contribution is -2.24. The summed E-state index contributed by atoms with van der Waals surface area (Å²) in [5, 5.41) is 0. The quantitative estimate of drug-likeness (QED) is 0.440. The molecule has 0 heterocycles. The molecule has 0 saturated heterocycles. The van der Waals surface area contributed by atoms with E-state index < -0.39 is 8.32 Å². The monoisotopic (exact) mass is 233 g/mol. The number of nitrogens with zero attached hydrogens (tertiary/aromatic N) is 1. The molecule has 0 bridgehead atoms. The van der Waals surface area contributed by atoms with Crippen LogP contribution >= 0.6 is 0 Å². The number of rotatable bonds is 4. The number of aliphatic imine (C=N–C) groups is 1. The Hall–Kier alpha value is -1.35. The van der Waals surface area contributed by atoms with Gasteiger partial charge in [0.2, 0.25) is 8.32 Å². The van der Waals surface area contributed by atoms with Crippen molar-refractivity contribution in [2.24, 2.45) is 4.99 Å². The minimum Gasteiger partial charge on any atom is -0.532 e. The van der Waals surface area contributed by atoms with E-state index in [0.717, 1.165) is 5.56 Å². The second-order valence-corrected chi connectivity index (χ2v) is 8.94. The third-order valence-electron chi connectivity index (χ3n) is 1.80. The molecular weight excluding hydrogens is 214 g/mol. The van der Waals surface area contributed by atoms with Crippen LogP contribution in [-0.2, 0) is 4.43 Å². The molecule has 2 nitrogen and oxygen atoms in total. The fraction of sp³-hybridized carbons (Fsp3) is 0.308. The number of benzene rings is 1. The summed E-state index contributed by atoms with van der Waals surface area (Å²) in [7, 11) is -1.56. The molecule has 0 fully saturated rings. The van der Waals surface area contributed by atoms with Crippen molar-refractivity contribution < 1.29 is 4.43 Å². The van der Waals surface area contributed by atoms with E-state index in [-0.39, 0.29) is 0 Å². The molecule has 1 aromatic rings. The molecule has 16 heavy (non-hydrogen) atoms. The minimum absolute atomic E-state index is 0.711. The molecular formula is C13H19NOSi. The first-order chi connectivity index (χ1) is 7.51. The molecule has 1 aromatic carbocycles. The second-order valence-electron chi connectivity index (χ2n) is 4.51. The van der Waals surface area contributed by atoms with Gasteiger partial charge in [-0.3, -0.25) is 0 Å². The molecule has 0 unspecified atom stereocenters. The lowest BCUT2D eigenvalue weighted by molar-refractivity contribution is 0.417. The van der Waals surface area contributed by atoms with Gasteiger partial charge in [-0.15, -0.1) is 0 Å². The van der Waals surface area contributed by atoms with Crippen LogP contribution in [0.5, 0.6) is 0 Å². The highest BCUT2D eigenvalue weighted by atomic mass is 28.4. The van der Waals surface area contributed by atoms with Gasteiger partial charge in [0.25, 0.3) is 0 Å². The predicted molar refractivity (Wildman–Crippen MR) is 72.2 cm³/mol. The maximum absolute atomic E-state index is 5.81. The van der Waals surface area contributed by atoms with Crippen LogP contribution in [0.2, 0.25) is 19.6 Å². The highest BCUT2D eigenvalue weighted by molar-refractivity contribution is 6.70. The van der Waals surface area contributed by atoms with Gasteiger partial charge >= 0.3 is 0 Å². The topological polar surface area (TPSA) is 21.6 Å². The van der Waals surface area contributed by atoms with Gasteiger partial charge in [0, 0.05) is 6.21 Å². The second kappa shape index (κ2) is 5.65. The van der Waals surface area contributed by atoms with Crippen LogP contribution in [0.4, 0.5) is 0 Å². The number of allylic oxidation sites excluding steroid dienone is 1. The largest absolute Gasteiger partial charge is 0.532 e. The molecule has 0 aromatic heterocycles. The molecule has 3 heteroatoms. The summed E-state index contributed by atoms with van der Waals surface area (Å²) < 4.78 is 5.81. The smallest absolute Gasteiger partial charge is 0.244 e. The Bertz CT molecular complexity index is 377. The van der Waals surface area contributed by atoms with E-state index in [9.17, 15) is 0 Å². The van der Waals surface area contributed by atoms with E-state index in [1.165, 1.54) is 0 Å². The van der Waals surface area contributed by atoms with Crippen molar-refractivity contribution in [2.45, 2.75) is 26.6 Å². The van der Waals surface area contributed by atoms with Gasteiger partial charge in [-0.25, -0.2) is 4.99 Å². The summed E-state index contributed by atoms with van der Waals surface area (Å²) in [6.45, 7) is 8.38.